The number of aromatic nitrogens is 2. The van der Waals surface area contributed by atoms with E-state index in [2.05, 4.69) is 35.1 Å². The van der Waals surface area contributed by atoms with Gasteiger partial charge in [0.15, 0.2) is 11.4 Å². The number of esters is 1. The molecular formula is C17H14N4O2. The average Bonchev–Trinajstić information content (AvgIpc) is 2.98. The molecule has 0 aromatic carbocycles. The van der Waals surface area contributed by atoms with Crippen LogP contribution in [0.4, 0.5) is 0 Å². The number of hydrogen-bond donors (Lipinski definition) is 0. The van der Waals surface area contributed by atoms with E-state index in [4.69, 9.17) is 10.00 Å². The summed E-state index contributed by atoms with van der Waals surface area (Å²) in [5.41, 5.74) is 2.47. The molecule has 1 aromatic heterocycles. The van der Waals surface area contributed by atoms with E-state index >= 15 is 0 Å². The minimum absolute atomic E-state index is 0.00648. The second kappa shape index (κ2) is 5.97. The Morgan fingerprint density at radius 1 is 1.30 bits per heavy atom. The summed E-state index contributed by atoms with van der Waals surface area (Å²) in [5.74, 6) is -0.110. The lowest BCUT2D eigenvalue weighted by Gasteiger charge is -2.16. The van der Waals surface area contributed by atoms with E-state index in [0.717, 1.165) is 5.57 Å². The quantitative estimate of drug-likeness (QED) is 0.800. The smallest absolute Gasteiger partial charge is 0.364 e. The van der Waals surface area contributed by atoms with Gasteiger partial charge in [-0.3, -0.25) is 4.99 Å². The SMILES string of the molecule is CC(C)C1=CC2C=NC(C(=O)Oc3ccc(C#N)nn3)=C2C=C1. The molecule has 1 aliphatic heterocycles. The summed E-state index contributed by atoms with van der Waals surface area (Å²) in [4.78, 5) is 16.4. The van der Waals surface area contributed by atoms with Crippen LogP contribution in [0.2, 0.25) is 0 Å². The van der Waals surface area contributed by atoms with Crippen molar-refractivity contribution in [3.8, 4) is 11.9 Å². The molecule has 6 nitrogen and oxygen atoms in total. The highest BCUT2D eigenvalue weighted by atomic mass is 16.5. The maximum atomic E-state index is 12.3. The van der Waals surface area contributed by atoms with E-state index in [0.29, 0.717) is 5.92 Å². The predicted octanol–water partition coefficient (Wildman–Crippen LogP) is 2.36. The maximum Gasteiger partial charge on any atom is 0.364 e. The van der Waals surface area contributed by atoms with Gasteiger partial charge in [-0.15, -0.1) is 10.2 Å². The fourth-order valence-corrected chi connectivity index (χ4v) is 2.37. The van der Waals surface area contributed by atoms with E-state index in [-0.39, 0.29) is 23.2 Å². The summed E-state index contributed by atoms with van der Waals surface area (Å²) in [6, 6.07) is 4.72. The molecular weight excluding hydrogens is 292 g/mol. The first-order chi connectivity index (χ1) is 11.1. The van der Waals surface area contributed by atoms with Gasteiger partial charge in [0, 0.05) is 18.2 Å². The zero-order chi connectivity index (χ0) is 16.4. The average molecular weight is 306 g/mol. The Morgan fingerprint density at radius 2 is 2.13 bits per heavy atom. The number of hydrogen-bond acceptors (Lipinski definition) is 6. The third-order valence-corrected chi connectivity index (χ3v) is 3.64. The van der Waals surface area contributed by atoms with E-state index in [9.17, 15) is 4.79 Å². The van der Waals surface area contributed by atoms with Crippen molar-refractivity contribution in [3.05, 3.63) is 52.9 Å². The molecule has 23 heavy (non-hydrogen) atoms. The topological polar surface area (TPSA) is 88.2 Å². The van der Waals surface area contributed by atoms with Crippen molar-refractivity contribution >= 4 is 12.2 Å². The van der Waals surface area contributed by atoms with E-state index in [1.807, 2.05) is 18.2 Å². The molecule has 0 saturated heterocycles. The van der Waals surface area contributed by atoms with E-state index < -0.39 is 5.97 Å². The molecule has 1 unspecified atom stereocenters. The van der Waals surface area contributed by atoms with Gasteiger partial charge < -0.3 is 4.74 Å². The maximum absolute atomic E-state index is 12.3. The summed E-state index contributed by atoms with van der Waals surface area (Å²) in [5, 5.41) is 16.0. The lowest BCUT2D eigenvalue weighted by molar-refractivity contribution is -0.130. The normalized spacial score (nSPS) is 18.7. The molecule has 1 aromatic rings. The number of rotatable bonds is 3. The van der Waals surface area contributed by atoms with Crippen LogP contribution in [0.5, 0.6) is 5.88 Å². The van der Waals surface area contributed by atoms with Gasteiger partial charge in [-0.2, -0.15) is 5.26 Å². The molecule has 6 heteroatoms. The monoisotopic (exact) mass is 306 g/mol. The Bertz CT molecular complexity index is 808. The Hall–Kier alpha value is -3.07. The van der Waals surface area contributed by atoms with Gasteiger partial charge in [-0.05, 0) is 23.1 Å². The summed E-state index contributed by atoms with van der Waals surface area (Å²) < 4.78 is 5.17. The first-order valence-electron chi connectivity index (χ1n) is 7.22. The van der Waals surface area contributed by atoms with Gasteiger partial charge in [-0.1, -0.05) is 32.1 Å². The van der Waals surface area contributed by atoms with Crippen LogP contribution in [0.3, 0.4) is 0 Å². The van der Waals surface area contributed by atoms with Crippen LogP contribution >= 0.6 is 0 Å². The molecule has 0 radical (unpaired) electrons. The minimum atomic E-state index is -0.580. The summed E-state index contributed by atoms with van der Waals surface area (Å²) in [7, 11) is 0. The molecule has 2 heterocycles. The molecule has 0 N–H and O–H groups in total. The first-order valence-corrected chi connectivity index (χ1v) is 7.22. The van der Waals surface area contributed by atoms with E-state index in [1.54, 1.807) is 6.21 Å². The second-order valence-electron chi connectivity index (χ2n) is 5.52. The van der Waals surface area contributed by atoms with Crippen molar-refractivity contribution in [2.24, 2.45) is 16.8 Å². The molecule has 0 fully saturated rings. The number of allylic oxidation sites excluding steroid dienone is 5. The molecule has 1 atom stereocenters. The van der Waals surface area contributed by atoms with Crippen molar-refractivity contribution in [3.63, 3.8) is 0 Å². The fourth-order valence-electron chi connectivity index (χ4n) is 2.37. The van der Waals surface area contributed by atoms with E-state index in [1.165, 1.54) is 17.7 Å². The Morgan fingerprint density at radius 3 is 2.78 bits per heavy atom. The van der Waals surface area contributed by atoms with Crippen molar-refractivity contribution < 1.29 is 9.53 Å². The largest absolute Gasteiger partial charge is 0.401 e. The fraction of sp³-hybridized carbons (Fsp3) is 0.235. The molecule has 0 saturated carbocycles. The van der Waals surface area contributed by atoms with Crippen LogP contribution in [-0.4, -0.2) is 22.4 Å². The van der Waals surface area contributed by atoms with Crippen molar-refractivity contribution in [2.75, 3.05) is 0 Å². The number of carbonyl (C=O) groups is 1. The highest BCUT2D eigenvalue weighted by Crippen LogP contribution is 2.32. The number of fused-ring (bicyclic) bond motifs is 1. The number of ether oxygens (including phenoxy) is 1. The summed E-state index contributed by atoms with van der Waals surface area (Å²) in [6.07, 6.45) is 7.75. The molecule has 3 rings (SSSR count). The summed E-state index contributed by atoms with van der Waals surface area (Å²) >= 11 is 0. The number of nitrogens with zero attached hydrogens (tertiary/aromatic N) is 4. The molecule has 0 spiro atoms. The third-order valence-electron chi connectivity index (χ3n) is 3.64. The van der Waals surface area contributed by atoms with Crippen molar-refractivity contribution in [1.29, 1.82) is 5.26 Å². The Labute approximate surface area is 133 Å². The van der Waals surface area contributed by atoms with Crippen molar-refractivity contribution in [2.45, 2.75) is 13.8 Å². The number of carbonyl (C=O) groups excluding carboxylic acids is 1. The van der Waals surface area contributed by atoms with Crippen LogP contribution in [0.25, 0.3) is 0 Å². The first kappa shape index (κ1) is 14.9. The molecule has 114 valence electrons. The van der Waals surface area contributed by atoms with Gasteiger partial charge in [0.1, 0.15) is 6.07 Å². The zero-order valence-corrected chi connectivity index (χ0v) is 12.7. The predicted molar refractivity (Wildman–Crippen MR) is 83.5 cm³/mol. The van der Waals surface area contributed by atoms with Gasteiger partial charge in [0.2, 0.25) is 5.88 Å². The van der Waals surface area contributed by atoms with Crippen LogP contribution < -0.4 is 4.74 Å². The Balaban J connectivity index is 1.79. The zero-order valence-electron chi connectivity index (χ0n) is 12.7. The minimum Gasteiger partial charge on any atom is -0.401 e. The molecule has 0 bridgehead atoms. The highest BCUT2D eigenvalue weighted by Gasteiger charge is 2.27. The van der Waals surface area contributed by atoms with Crippen LogP contribution in [0.1, 0.15) is 19.5 Å². The summed E-state index contributed by atoms with van der Waals surface area (Å²) in [6.45, 7) is 4.24. The highest BCUT2D eigenvalue weighted by molar-refractivity contribution is 5.97. The number of aliphatic imine (C=N–C) groups is 1. The lowest BCUT2D eigenvalue weighted by atomic mass is 9.88. The van der Waals surface area contributed by atoms with Crippen LogP contribution in [-0.2, 0) is 4.79 Å². The van der Waals surface area contributed by atoms with Gasteiger partial charge in [0.05, 0.1) is 0 Å². The van der Waals surface area contributed by atoms with Gasteiger partial charge in [0.25, 0.3) is 0 Å². The molecule has 1 aliphatic carbocycles. The standard InChI is InChI=1S/C17H14N4O2/c1-10(2)11-3-5-14-12(7-11)9-19-16(14)17(22)23-15-6-4-13(8-18)20-21-15/h3-7,9-10,12H,1-2H3. The Kier molecular flexibility index (Phi) is 3.85. The van der Waals surface area contributed by atoms with Crippen molar-refractivity contribution in [1.82, 2.24) is 10.2 Å². The lowest BCUT2D eigenvalue weighted by Crippen LogP contribution is -2.13. The van der Waals surface area contributed by atoms with Crippen LogP contribution in [0.15, 0.2) is 52.2 Å². The molecule has 0 amide bonds. The van der Waals surface area contributed by atoms with Gasteiger partial charge in [-0.25, -0.2) is 4.79 Å². The molecule has 2 aliphatic rings. The van der Waals surface area contributed by atoms with Crippen LogP contribution in [0, 0.1) is 23.2 Å². The third kappa shape index (κ3) is 2.94. The van der Waals surface area contributed by atoms with Gasteiger partial charge >= 0.3 is 5.97 Å². The number of nitriles is 1. The second-order valence-corrected chi connectivity index (χ2v) is 5.52.